The summed E-state index contributed by atoms with van der Waals surface area (Å²) >= 11 is 3.51. The number of benzene rings is 1. The molecule has 1 fully saturated rings. The van der Waals surface area contributed by atoms with Crippen molar-refractivity contribution in [2.75, 3.05) is 13.7 Å². The van der Waals surface area contributed by atoms with Crippen LogP contribution in [0.1, 0.15) is 32.3 Å². The largest absolute Gasteiger partial charge is 0.497 e. The monoisotopic (exact) mass is 382 g/mol. The third kappa shape index (κ3) is 4.15. The Labute approximate surface area is 145 Å². The molecule has 1 heterocycles. The number of ether oxygens (including phenoxy) is 2. The summed E-state index contributed by atoms with van der Waals surface area (Å²) in [5.41, 5.74) is 0.440. The van der Waals surface area contributed by atoms with Crippen LogP contribution in [0.3, 0.4) is 0 Å². The molecule has 4 nitrogen and oxygen atoms in total. The maximum Gasteiger partial charge on any atom is 0.313 e. The van der Waals surface area contributed by atoms with E-state index in [9.17, 15) is 4.79 Å². The third-order valence-corrected chi connectivity index (χ3v) is 5.04. The first kappa shape index (κ1) is 18.0. The smallest absolute Gasteiger partial charge is 0.313 e. The number of esters is 1. The van der Waals surface area contributed by atoms with E-state index in [1.165, 1.54) is 0 Å². The Balaban J connectivity index is 2.24. The summed E-state index contributed by atoms with van der Waals surface area (Å²) < 4.78 is 11.7. The van der Waals surface area contributed by atoms with Crippen LogP contribution < -0.4 is 4.74 Å². The molecule has 126 valence electrons. The quantitative estimate of drug-likeness (QED) is 0.759. The minimum Gasteiger partial charge on any atom is -0.497 e. The van der Waals surface area contributed by atoms with Crippen molar-refractivity contribution >= 4 is 28.0 Å². The maximum absolute atomic E-state index is 12.2. The number of halogens is 1. The predicted molar refractivity (Wildman–Crippen MR) is 93.2 cm³/mol. The van der Waals surface area contributed by atoms with Crippen LogP contribution in [0.4, 0.5) is 0 Å². The van der Waals surface area contributed by atoms with Gasteiger partial charge in [0.05, 0.1) is 13.0 Å². The van der Waals surface area contributed by atoms with Gasteiger partial charge in [-0.2, -0.15) is 0 Å². The van der Waals surface area contributed by atoms with Crippen LogP contribution in [0.2, 0.25) is 0 Å². The normalized spacial score (nSPS) is 23.3. The highest BCUT2D eigenvalue weighted by Gasteiger charge is 2.48. The molecule has 0 aliphatic carbocycles. The number of aliphatic hydroxyl groups is 1. The summed E-state index contributed by atoms with van der Waals surface area (Å²) in [6.45, 7) is 3.99. The van der Waals surface area contributed by atoms with Gasteiger partial charge in [0.15, 0.2) is 0 Å². The molecule has 0 saturated carbocycles. The molecular weight excluding hydrogens is 360 g/mol. The maximum atomic E-state index is 12.2. The highest BCUT2D eigenvalue weighted by atomic mass is 79.9. The van der Waals surface area contributed by atoms with Gasteiger partial charge in [-0.25, -0.2) is 0 Å². The number of hydrogen-bond donors (Lipinski definition) is 1. The molecule has 2 rings (SSSR count). The molecule has 0 spiro atoms. The lowest BCUT2D eigenvalue weighted by molar-refractivity contribution is -0.148. The van der Waals surface area contributed by atoms with Crippen LogP contribution in [0.15, 0.2) is 28.7 Å². The molecule has 0 radical (unpaired) electrons. The van der Waals surface area contributed by atoms with E-state index in [1.54, 1.807) is 7.11 Å². The summed E-state index contributed by atoms with van der Waals surface area (Å²) in [5.74, 6) is 0.324. The number of rotatable bonds is 6. The van der Waals surface area contributed by atoms with Crippen molar-refractivity contribution in [3.05, 3.63) is 34.3 Å². The zero-order valence-electron chi connectivity index (χ0n) is 13.7. The number of carbonyl (C=O) groups is 1. The molecule has 0 aromatic heterocycles. The van der Waals surface area contributed by atoms with Crippen LogP contribution in [-0.4, -0.2) is 30.4 Å². The van der Waals surface area contributed by atoms with E-state index < -0.39 is 5.60 Å². The first-order valence-corrected chi connectivity index (χ1v) is 8.54. The van der Waals surface area contributed by atoms with E-state index in [2.05, 4.69) is 15.9 Å². The van der Waals surface area contributed by atoms with E-state index in [0.717, 1.165) is 22.2 Å². The Hall–Kier alpha value is -1.33. The fourth-order valence-corrected chi connectivity index (χ4v) is 3.41. The van der Waals surface area contributed by atoms with Crippen molar-refractivity contribution < 1.29 is 19.4 Å². The summed E-state index contributed by atoms with van der Waals surface area (Å²) in [4.78, 5) is 12.2. The lowest BCUT2D eigenvalue weighted by Crippen LogP contribution is -2.29. The fraction of sp³-hybridized carbons (Fsp3) is 0.500. The minimum atomic E-state index is -0.507. The minimum absolute atomic E-state index is 0.0581. The Morgan fingerprint density at radius 1 is 1.43 bits per heavy atom. The number of hydrogen-bond acceptors (Lipinski definition) is 4. The van der Waals surface area contributed by atoms with E-state index in [-0.39, 0.29) is 24.4 Å². The molecule has 1 aliphatic heterocycles. The Morgan fingerprint density at radius 2 is 2.17 bits per heavy atom. The molecule has 1 aromatic rings. The van der Waals surface area contributed by atoms with Crippen molar-refractivity contribution in [3.8, 4) is 5.75 Å². The second-order valence-corrected chi connectivity index (χ2v) is 7.12. The summed E-state index contributed by atoms with van der Waals surface area (Å²) in [5, 5.41) is 9.09. The molecule has 2 atom stereocenters. The van der Waals surface area contributed by atoms with Gasteiger partial charge in [0.2, 0.25) is 0 Å². The van der Waals surface area contributed by atoms with Gasteiger partial charge in [-0.05, 0) is 50.5 Å². The topological polar surface area (TPSA) is 55.8 Å². The van der Waals surface area contributed by atoms with Crippen molar-refractivity contribution in [2.45, 2.75) is 32.3 Å². The number of carbonyl (C=O) groups excluding carboxylic acids is 1. The average Bonchev–Trinajstić information content (AvgIpc) is 2.72. The molecule has 23 heavy (non-hydrogen) atoms. The highest BCUT2D eigenvalue weighted by Crippen LogP contribution is 2.41. The number of methoxy groups -OCH3 is 1. The van der Waals surface area contributed by atoms with E-state index >= 15 is 0 Å². The lowest BCUT2D eigenvalue weighted by atomic mass is 9.79. The van der Waals surface area contributed by atoms with Crippen LogP contribution in [0.5, 0.6) is 5.75 Å². The molecule has 1 aromatic carbocycles. The molecule has 1 aliphatic rings. The Kier molecular flexibility index (Phi) is 5.87. The van der Waals surface area contributed by atoms with Gasteiger partial charge in [0, 0.05) is 17.0 Å². The Bertz CT molecular complexity index is 595. The van der Waals surface area contributed by atoms with Crippen molar-refractivity contribution in [1.82, 2.24) is 0 Å². The van der Waals surface area contributed by atoms with Gasteiger partial charge >= 0.3 is 5.97 Å². The molecule has 0 amide bonds. The van der Waals surface area contributed by atoms with Crippen molar-refractivity contribution in [2.24, 2.45) is 11.8 Å². The molecule has 0 bridgehead atoms. The van der Waals surface area contributed by atoms with Crippen LogP contribution in [0, 0.1) is 11.8 Å². The van der Waals surface area contributed by atoms with E-state index in [4.69, 9.17) is 14.6 Å². The standard InChI is InChI=1S/C18H23BrO4/c1-18(2)15(5-4-10-20)14(17(21)23-18)8-6-12-11-13(22-3)7-9-16(12)19/h6-9,11,14-15,20H,4-5,10H2,1-3H3/b8-6+/t14-,15-/m0/s1. The summed E-state index contributed by atoms with van der Waals surface area (Å²) in [7, 11) is 1.62. The van der Waals surface area contributed by atoms with Gasteiger partial charge < -0.3 is 14.6 Å². The lowest BCUT2D eigenvalue weighted by Gasteiger charge is -2.26. The Morgan fingerprint density at radius 3 is 2.83 bits per heavy atom. The van der Waals surface area contributed by atoms with Gasteiger partial charge in [0.1, 0.15) is 11.4 Å². The summed E-state index contributed by atoms with van der Waals surface area (Å²) in [6.07, 6.45) is 5.24. The van der Waals surface area contributed by atoms with E-state index in [1.807, 2.05) is 44.2 Å². The predicted octanol–water partition coefficient (Wildman–Crippen LogP) is 3.81. The van der Waals surface area contributed by atoms with E-state index in [0.29, 0.717) is 6.42 Å². The van der Waals surface area contributed by atoms with Crippen molar-refractivity contribution in [3.63, 3.8) is 0 Å². The first-order valence-electron chi connectivity index (χ1n) is 7.74. The van der Waals surface area contributed by atoms with Crippen molar-refractivity contribution in [1.29, 1.82) is 0 Å². The van der Waals surface area contributed by atoms with Crippen LogP contribution in [-0.2, 0) is 9.53 Å². The average molecular weight is 383 g/mol. The highest BCUT2D eigenvalue weighted by molar-refractivity contribution is 9.10. The van der Waals surface area contributed by atoms with Gasteiger partial charge in [-0.1, -0.05) is 28.1 Å². The molecule has 0 unspecified atom stereocenters. The number of cyclic esters (lactones) is 1. The second kappa shape index (κ2) is 7.49. The van der Waals surface area contributed by atoms with Gasteiger partial charge in [-0.3, -0.25) is 4.79 Å². The third-order valence-electron chi connectivity index (χ3n) is 4.32. The van der Waals surface area contributed by atoms with Gasteiger partial charge in [0.25, 0.3) is 0 Å². The second-order valence-electron chi connectivity index (χ2n) is 6.27. The zero-order valence-corrected chi connectivity index (χ0v) is 15.3. The zero-order chi connectivity index (χ0) is 17.0. The number of aliphatic hydroxyl groups excluding tert-OH is 1. The molecule has 1 N–H and O–H groups in total. The molecule has 1 saturated heterocycles. The first-order chi connectivity index (χ1) is 10.9. The SMILES string of the molecule is COc1ccc(Br)c(/C=C/[C@@H]2C(=O)OC(C)(C)[C@H]2CCCO)c1. The molecule has 5 heteroatoms. The molecular formula is C18H23BrO4. The van der Waals surface area contributed by atoms with Gasteiger partial charge in [-0.15, -0.1) is 0 Å². The fourth-order valence-electron chi connectivity index (χ4n) is 3.03. The van der Waals surface area contributed by atoms with Crippen LogP contribution >= 0.6 is 15.9 Å². The van der Waals surface area contributed by atoms with Crippen LogP contribution in [0.25, 0.3) is 6.08 Å². The summed E-state index contributed by atoms with van der Waals surface area (Å²) in [6, 6.07) is 5.70.